The number of aromatic amines is 1. The third-order valence-corrected chi connectivity index (χ3v) is 9.22. The number of ether oxygens (including phenoxy) is 3. The molecule has 23 heteroatoms. The van der Waals surface area contributed by atoms with E-state index in [2.05, 4.69) is 32.6 Å². The molecule has 2 aromatic rings. The van der Waals surface area contributed by atoms with Crippen molar-refractivity contribution in [3.63, 3.8) is 0 Å². The third-order valence-electron chi connectivity index (χ3n) is 4.88. The van der Waals surface area contributed by atoms with Crippen LogP contribution in [0.5, 0.6) is 0 Å². The lowest BCUT2D eigenvalue weighted by atomic mass is 10.1. The second-order valence-electron chi connectivity index (χ2n) is 9.02. The third kappa shape index (κ3) is 8.97. The van der Waals surface area contributed by atoms with Crippen LogP contribution < -0.4 is 26.0 Å². The Kier molecular flexibility index (Phi) is 10.3. The first-order valence-electron chi connectivity index (χ1n) is 11.7. The highest BCUT2D eigenvalue weighted by Gasteiger charge is 2.50. The van der Waals surface area contributed by atoms with Gasteiger partial charge >= 0.3 is 5.97 Å². The van der Waals surface area contributed by atoms with Crippen molar-refractivity contribution < 1.29 is 65.0 Å². The van der Waals surface area contributed by atoms with Crippen molar-refractivity contribution in [2.75, 3.05) is 12.3 Å². The molecule has 3 rings (SSSR count). The largest absolute Gasteiger partial charge is 0.756 e. The number of nitrogens with two attached hydrogens (primary N) is 1. The summed E-state index contributed by atoms with van der Waals surface area (Å²) in [5.41, 5.74) is 4.73. The molecule has 1 aliphatic rings. The highest BCUT2D eigenvalue weighted by Crippen LogP contribution is 2.63. The number of hydrogen-bond acceptors (Lipinski definition) is 18. The molecule has 0 saturated carbocycles. The van der Waals surface area contributed by atoms with Crippen LogP contribution in [0.1, 0.15) is 40.8 Å². The molecule has 1 fully saturated rings. The Hall–Kier alpha value is -2.05. The number of aromatic nitrogens is 4. The fourth-order valence-corrected chi connectivity index (χ4v) is 7.25. The van der Waals surface area contributed by atoms with E-state index in [1.54, 1.807) is 13.8 Å². The van der Waals surface area contributed by atoms with Gasteiger partial charge in [0.15, 0.2) is 23.5 Å². The van der Waals surface area contributed by atoms with Crippen LogP contribution in [0, 0.1) is 0 Å². The average Bonchev–Trinajstić information content (AvgIpc) is 3.30. The van der Waals surface area contributed by atoms with E-state index in [9.17, 15) is 38.0 Å². The van der Waals surface area contributed by atoms with E-state index in [0.717, 1.165) is 13.3 Å². The van der Waals surface area contributed by atoms with E-state index in [0.29, 0.717) is 0 Å². The van der Waals surface area contributed by atoms with Crippen molar-refractivity contribution in [3.8, 4) is 0 Å². The Morgan fingerprint density at radius 3 is 2.32 bits per heavy atom. The number of esters is 1. The van der Waals surface area contributed by atoms with Crippen molar-refractivity contribution in [2.24, 2.45) is 0 Å². The van der Waals surface area contributed by atoms with E-state index in [-0.39, 0.29) is 17.1 Å². The van der Waals surface area contributed by atoms with Gasteiger partial charge in [0.05, 0.1) is 25.1 Å². The molecule has 3 heterocycles. The summed E-state index contributed by atoms with van der Waals surface area (Å²) in [6, 6.07) is 0. The molecule has 1 saturated heterocycles. The number of phosphoric acid groups is 3. The first-order valence-corrected chi connectivity index (χ1v) is 16.1. The molecule has 2 aromatic heterocycles. The van der Waals surface area contributed by atoms with Crippen LogP contribution in [0.25, 0.3) is 11.2 Å². The van der Waals surface area contributed by atoms with Crippen LogP contribution in [0.2, 0.25) is 0 Å². The number of hydrogen-bond donors (Lipinski definition) is 2. The topological polar surface area (TPSA) is 292 Å². The van der Waals surface area contributed by atoms with Gasteiger partial charge in [-0.3, -0.25) is 32.8 Å². The van der Waals surface area contributed by atoms with Crippen molar-refractivity contribution in [1.82, 2.24) is 19.5 Å². The molecule has 1 aliphatic heterocycles. The number of phosphoric ester groups is 2. The Balaban J connectivity index is 1.87. The van der Waals surface area contributed by atoms with E-state index in [1.807, 2.05) is 0 Å². The van der Waals surface area contributed by atoms with Crippen molar-refractivity contribution in [2.45, 2.75) is 71.4 Å². The lowest BCUT2D eigenvalue weighted by Crippen LogP contribution is -2.40. The lowest BCUT2D eigenvalue weighted by Gasteiger charge is -2.35. The van der Waals surface area contributed by atoms with Crippen LogP contribution in [0.3, 0.4) is 0 Å². The minimum Gasteiger partial charge on any atom is -0.756 e. The monoisotopic (exact) mass is 646 g/mol. The van der Waals surface area contributed by atoms with Crippen molar-refractivity contribution in [1.29, 1.82) is 0 Å². The lowest BCUT2D eigenvalue weighted by molar-refractivity contribution is -0.252. The summed E-state index contributed by atoms with van der Waals surface area (Å²) >= 11 is 0. The van der Waals surface area contributed by atoms with Gasteiger partial charge < -0.3 is 43.7 Å². The second kappa shape index (κ2) is 12.7. The molecule has 232 valence electrons. The first-order chi connectivity index (χ1) is 18.8. The Labute approximate surface area is 231 Å². The van der Waals surface area contributed by atoms with Crippen molar-refractivity contribution >= 4 is 46.5 Å². The van der Waals surface area contributed by atoms with Gasteiger partial charge in [0.25, 0.3) is 29.0 Å². The summed E-state index contributed by atoms with van der Waals surface area (Å²) in [7, 11) is -17.4. The number of H-pyrrole nitrogens is 1. The predicted molar refractivity (Wildman–Crippen MR) is 129 cm³/mol. The fraction of sp³-hybridized carbons (Fsp3) is 0.667. The minimum atomic E-state index is -6.07. The fourth-order valence-electron chi connectivity index (χ4n) is 3.72. The van der Waals surface area contributed by atoms with Gasteiger partial charge in [-0.2, -0.15) is 4.98 Å². The number of imidazole rings is 1. The zero-order valence-electron chi connectivity index (χ0n) is 22.1. The van der Waals surface area contributed by atoms with E-state index in [4.69, 9.17) is 19.9 Å². The maximum absolute atomic E-state index is 12.3. The smallest absolute Gasteiger partial charge is 0.303 e. The number of fused-ring (bicyclic) bond motifs is 1. The molecule has 4 unspecified atom stereocenters. The number of rotatable bonds is 13. The van der Waals surface area contributed by atoms with Gasteiger partial charge in [0.2, 0.25) is 5.95 Å². The zero-order valence-corrected chi connectivity index (χ0v) is 24.8. The van der Waals surface area contributed by atoms with Gasteiger partial charge in [0, 0.05) is 6.92 Å². The number of carbonyl (C=O) groups excluding carboxylic acids is 1. The minimum absolute atomic E-state index is 0.0776. The molecule has 3 N–H and O–H groups in total. The number of anilines is 1. The second-order valence-corrected chi connectivity index (χ2v) is 13.5. The Morgan fingerprint density at radius 1 is 1.10 bits per heavy atom. The summed E-state index contributed by atoms with van der Waals surface area (Å²) in [4.78, 5) is 70.3. The van der Waals surface area contributed by atoms with E-state index >= 15 is 0 Å². The van der Waals surface area contributed by atoms with Crippen molar-refractivity contribution in [3.05, 3.63) is 16.7 Å². The number of nitrogen functional groups attached to an aromatic ring is 1. The number of nitrogens with one attached hydrogen (secondary N) is 1. The molecule has 0 radical (unpaired) electrons. The Morgan fingerprint density at radius 2 is 1.73 bits per heavy atom. The molecule has 41 heavy (non-hydrogen) atoms. The summed E-state index contributed by atoms with van der Waals surface area (Å²) in [5, 5.41) is 0. The van der Waals surface area contributed by atoms with Crippen LogP contribution in [-0.2, 0) is 50.4 Å². The molecule has 0 spiro atoms. The van der Waals surface area contributed by atoms with Crippen LogP contribution in [0.15, 0.2) is 11.1 Å². The van der Waals surface area contributed by atoms with Crippen LogP contribution >= 0.6 is 23.5 Å². The quantitative estimate of drug-likeness (QED) is 0.199. The molecular formula is C18H27N5O15P3-3. The number of nitrogens with zero attached hydrogens (tertiary/aromatic N) is 3. The average molecular weight is 646 g/mol. The van der Waals surface area contributed by atoms with E-state index in [1.165, 1.54) is 18.4 Å². The highest BCUT2D eigenvalue weighted by atomic mass is 31.3. The molecule has 7 atom stereocenters. The van der Waals surface area contributed by atoms with Gasteiger partial charge in [-0.05, 0) is 27.7 Å². The molecule has 0 bridgehead atoms. The standard InChI is InChI=1S/C18H30N5O15P3/c1-8(2)33-13-11(6-32-39(26,27)37-41(30,31)38-40(28,29)36-9(3)4)35-17(14(13)34-10(5)24)23-7-20-12-15(23)21-18(19)22-16(12)25/h7-9,11,13-14,17H,6H2,1-5H3,(H,26,27)(H,28,29)(H,30,31)(H3,19,21,22,25)/p-3/t11-,13?,14+,17-/m1/s1. The van der Waals surface area contributed by atoms with Gasteiger partial charge in [0.1, 0.15) is 12.2 Å². The summed E-state index contributed by atoms with van der Waals surface area (Å²) in [5.74, 6) is -1.05. The molecule has 0 amide bonds. The first kappa shape index (κ1) is 33.5. The summed E-state index contributed by atoms with van der Waals surface area (Å²) < 4.78 is 70.6. The number of carbonyl (C=O) groups is 1. The van der Waals surface area contributed by atoms with Gasteiger partial charge in [-0.1, -0.05) is 0 Å². The molecule has 0 aliphatic carbocycles. The SMILES string of the molecule is CC(=O)O[C@H]1C(OC(C)C)[C@@H](COP(=O)([O-])OP(=O)([O-])OP(=O)([O-])OC(C)C)O[C@H]1n1cnc2c(=O)[nH]c(N)nc21. The molecule has 20 nitrogen and oxygen atoms in total. The zero-order chi connectivity index (χ0) is 30.9. The normalized spacial score (nSPS) is 25.7. The molecular weight excluding hydrogens is 619 g/mol. The summed E-state index contributed by atoms with van der Waals surface area (Å²) in [6.45, 7) is 5.82. The van der Waals surface area contributed by atoms with Gasteiger partial charge in [-0.25, -0.2) is 13.6 Å². The predicted octanol–water partition coefficient (Wildman–Crippen LogP) is -0.795. The Bertz CT molecular complexity index is 1460. The highest BCUT2D eigenvalue weighted by molar-refractivity contribution is 7.65. The van der Waals surface area contributed by atoms with Crippen LogP contribution in [0.4, 0.5) is 5.95 Å². The van der Waals surface area contributed by atoms with Gasteiger partial charge in [-0.15, -0.1) is 0 Å². The van der Waals surface area contributed by atoms with E-state index < -0.39 is 78.4 Å². The maximum atomic E-state index is 12.3. The maximum Gasteiger partial charge on any atom is 0.303 e. The van der Waals surface area contributed by atoms with Crippen LogP contribution in [-0.4, -0.2) is 62.6 Å². The summed E-state index contributed by atoms with van der Waals surface area (Å²) in [6.07, 6.45) is -5.69. The molecule has 0 aromatic carbocycles.